The summed E-state index contributed by atoms with van der Waals surface area (Å²) in [4.78, 5) is 27.8. The Morgan fingerprint density at radius 1 is 0.971 bits per heavy atom. The maximum atomic E-state index is 12.5. The standard InChI is InChI=1S/C25H32N4O5/c1-16(2)15-33-19-13-11-18(12-14-19)22(28-31-5)17(3)24(34-26)21-10-8-7-9-20(21)23(29-32-6)25(30)27-4/h7-14,16H,15,26H2,1-6H3,(H,27,30)/b24-17-,28-22+,29-23+. The van der Waals surface area contributed by atoms with Gasteiger partial charge in [0.05, 0.1) is 6.61 Å². The Bertz CT molecular complexity index is 1060. The van der Waals surface area contributed by atoms with Gasteiger partial charge in [0.25, 0.3) is 5.91 Å². The highest BCUT2D eigenvalue weighted by Gasteiger charge is 2.23. The summed E-state index contributed by atoms with van der Waals surface area (Å²) in [5.74, 6) is 6.75. The summed E-state index contributed by atoms with van der Waals surface area (Å²) in [6.07, 6.45) is 0. The zero-order chi connectivity index (χ0) is 25.1. The molecule has 9 heteroatoms. The number of hydrogen-bond acceptors (Lipinski definition) is 8. The van der Waals surface area contributed by atoms with Gasteiger partial charge in [-0.2, -0.15) is 5.90 Å². The number of hydrogen-bond donors (Lipinski definition) is 2. The number of ether oxygens (including phenoxy) is 1. The Balaban J connectivity index is 2.59. The number of nitrogens with one attached hydrogen (secondary N) is 1. The first-order valence-electron chi connectivity index (χ1n) is 10.7. The Kier molecular flexibility index (Phi) is 10.1. The molecule has 0 aliphatic carbocycles. The molecule has 0 atom stereocenters. The minimum Gasteiger partial charge on any atom is -0.493 e. The highest BCUT2D eigenvalue weighted by molar-refractivity contribution is 6.45. The van der Waals surface area contributed by atoms with Crippen LogP contribution < -0.4 is 16.0 Å². The number of amides is 1. The van der Waals surface area contributed by atoms with Crippen LogP contribution in [-0.2, 0) is 19.3 Å². The third-order valence-corrected chi connectivity index (χ3v) is 4.76. The van der Waals surface area contributed by atoms with Gasteiger partial charge in [-0.3, -0.25) is 4.79 Å². The van der Waals surface area contributed by atoms with Crippen LogP contribution in [0.15, 0.2) is 64.4 Å². The molecule has 0 unspecified atom stereocenters. The maximum absolute atomic E-state index is 12.5. The van der Waals surface area contributed by atoms with E-state index in [0.717, 1.165) is 11.3 Å². The molecule has 1 amide bonds. The third kappa shape index (κ3) is 6.58. The fourth-order valence-electron chi connectivity index (χ4n) is 3.17. The van der Waals surface area contributed by atoms with Crippen molar-refractivity contribution >= 4 is 23.1 Å². The van der Waals surface area contributed by atoms with E-state index in [1.165, 1.54) is 21.3 Å². The summed E-state index contributed by atoms with van der Waals surface area (Å²) in [5.41, 5.74) is 2.92. The first kappa shape index (κ1) is 26.4. The van der Waals surface area contributed by atoms with Crippen LogP contribution in [0, 0.1) is 5.92 Å². The third-order valence-electron chi connectivity index (χ3n) is 4.76. The van der Waals surface area contributed by atoms with Crippen LogP contribution in [0.1, 0.15) is 37.5 Å². The van der Waals surface area contributed by atoms with E-state index in [-0.39, 0.29) is 5.71 Å². The fourth-order valence-corrected chi connectivity index (χ4v) is 3.17. The van der Waals surface area contributed by atoms with E-state index in [2.05, 4.69) is 29.5 Å². The van der Waals surface area contributed by atoms with Crippen LogP contribution in [0.25, 0.3) is 5.76 Å². The highest BCUT2D eigenvalue weighted by Crippen LogP contribution is 2.27. The number of rotatable bonds is 11. The van der Waals surface area contributed by atoms with Gasteiger partial charge in [-0.05, 0) is 37.1 Å². The van der Waals surface area contributed by atoms with Crippen LogP contribution in [0.5, 0.6) is 5.75 Å². The molecule has 3 N–H and O–H groups in total. The van der Waals surface area contributed by atoms with E-state index in [1.807, 2.05) is 24.3 Å². The van der Waals surface area contributed by atoms with Crippen molar-refractivity contribution in [3.8, 4) is 5.75 Å². The van der Waals surface area contributed by atoms with Crippen molar-refractivity contribution < 1.29 is 24.0 Å². The minimum absolute atomic E-state index is 0.0693. The molecule has 0 aliphatic heterocycles. The van der Waals surface area contributed by atoms with E-state index < -0.39 is 5.91 Å². The average molecular weight is 469 g/mol. The molecule has 0 fully saturated rings. The molecule has 2 aromatic rings. The molecule has 182 valence electrons. The molecule has 0 saturated heterocycles. The first-order valence-corrected chi connectivity index (χ1v) is 10.7. The number of benzene rings is 2. The predicted molar refractivity (Wildman–Crippen MR) is 132 cm³/mol. The number of nitrogens with zero attached hydrogens (tertiary/aromatic N) is 2. The molecular weight excluding hydrogens is 436 g/mol. The van der Waals surface area contributed by atoms with Gasteiger partial charge in [0.15, 0.2) is 11.5 Å². The summed E-state index contributed by atoms with van der Waals surface area (Å²) in [7, 11) is 4.33. The highest BCUT2D eigenvalue weighted by atomic mass is 16.6. The molecule has 34 heavy (non-hydrogen) atoms. The quantitative estimate of drug-likeness (QED) is 0.296. The molecule has 2 rings (SSSR count). The van der Waals surface area contributed by atoms with Crippen LogP contribution in [0.2, 0.25) is 0 Å². The lowest BCUT2D eigenvalue weighted by atomic mass is 9.95. The minimum atomic E-state index is -0.425. The summed E-state index contributed by atoms with van der Waals surface area (Å²) in [5, 5.41) is 10.7. The van der Waals surface area contributed by atoms with Gasteiger partial charge in [-0.25, -0.2) is 0 Å². The number of carbonyl (C=O) groups is 1. The Morgan fingerprint density at radius 2 is 1.56 bits per heavy atom. The van der Waals surface area contributed by atoms with E-state index in [9.17, 15) is 4.79 Å². The number of oxime groups is 2. The number of allylic oxidation sites excluding steroid dienone is 1. The summed E-state index contributed by atoms with van der Waals surface area (Å²) in [6.45, 7) is 6.60. The zero-order valence-electron chi connectivity index (χ0n) is 20.4. The zero-order valence-corrected chi connectivity index (χ0v) is 20.4. The lowest BCUT2D eigenvalue weighted by Crippen LogP contribution is -2.29. The van der Waals surface area contributed by atoms with Crippen molar-refractivity contribution in [1.82, 2.24) is 5.32 Å². The predicted octanol–water partition coefficient (Wildman–Crippen LogP) is 3.49. The van der Waals surface area contributed by atoms with Gasteiger partial charge in [0.1, 0.15) is 25.7 Å². The molecule has 0 aliphatic rings. The monoisotopic (exact) mass is 468 g/mol. The summed E-state index contributed by atoms with van der Waals surface area (Å²) in [6, 6.07) is 14.5. The summed E-state index contributed by atoms with van der Waals surface area (Å²) >= 11 is 0. The lowest BCUT2D eigenvalue weighted by Gasteiger charge is -2.16. The molecule has 0 bridgehead atoms. The number of carbonyl (C=O) groups excluding carboxylic acids is 1. The molecule has 0 heterocycles. The molecule has 0 radical (unpaired) electrons. The molecule has 0 aromatic heterocycles. The Hall–Kier alpha value is -3.85. The lowest BCUT2D eigenvalue weighted by molar-refractivity contribution is -0.114. The van der Waals surface area contributed by atoms with Crippen LogP contribution >= 0.6 is 0 Å². The van der Waals surface area contributed by atoms with Gasteiger partial charge in [-0.1, -0.05) is 48.4 Å². The first-order chi connectivity index (χ1) is 16.4. The van der Waals surface area contributed by atoms with E-state index >= 15 is 0 Å². The van der Waals surface area contributed by atoms with E-state index in [4.69, 9.17) is 25.1 Å². The molecular formula is C25H32N4O5. The maximum Gasteiger partial charge on any atom is 0.273 e. The second-order valence-electron chi connectivity index (χ2n) is 7.67. The SMILES string of the molecule is CNC(=O)/C(=N/OC)c1ccccc1/C(ON)=C(C)/C(=N\OC)c1ccc(OCC(C)C)cc1. The average Bonchev–Trinajstić information content (AvgIpc) is 2.85. The van der Waals surface area contributed by atoms with Gasteiger partial charge in [0.2, 0.25) is 0 Å². The van der Waals surface area contributed by atoms with Crippen molar-refractivity contribution in [1.29, 1.82) is 0 Å². The topological polar surface area (TPSA) is 117 Å². The Labute approximate surface area is 200 Å². The summed E-state index contributed by atoms with van der Waals surface area (Å²) < 4.78 is 5.77. The van der Waals surface area contributed by atoms with Crippen molar-refractivity contribution in [3.05, 3.63) is 70.8 Å². The van der Waals surface area contributed by atoms with Crippen LogP contribution in [0.3, 0.4) is 0 Å². The van der Waals surface area contributed by atoms with Crippen LogP contribution in [0.4, 0.5) is 0 Å². The number of nitrogens with two attached hydrogens (primary N) is 1. The smallest absolute Gasteiger partial charge is 0.273 e. The van der Waals surface area contributed by atoms with Gasteiger partial charge in [-0.15, -0.1) is 0 Å². The molecule has 9 nitrogen and oxygen atoms in total. The number of likely N-dealkylation sites (N-methyl/N-ethyl adjacent to an activating group) is 1. The second-order valence-corrected chi connectivity index (χ2v) is 7.67. The van der Waals surface area contributed by atoms with Crippen molar-refractivity contribution in [2.24, 2.45) is 22.1 Å². The van der Waals surface area contributed by atoms with Gasteiger partial charge in [0, 0.05) is 29.3 Å². The molecule has 0 saturated carbocycles. The normalized spacial score (nSPS) is 12.7. The van der Waals surface area contributed by atoms with E-state index in [0.29, 0.717) is 40.7 Å². The van der Waals surface area contributed by atoms with Gasteiger partial charge >= 0.3 is 0 Å². The fraction of sp³-hybridized carbons (Fsp3) is 0.320. The van der Waals surface area contributed by atoms with E-state index in [1.54, 1.807) is 31.2 Å². The van der Waals surface area contributed by atoms with Crippen LogP contribution in [-0.4, -0.2) is 45.2 Å². The van der Waals surface area contributed by atoms with Gasteiger partial charge < -0.3 is 24.6 Å². The second kappa shape index (κ2) is 13.0. The van der Waals surface area contributed by atoms with Crippen molar-refractivity contribution in [3.63, 3.8) is 0 Å². The Morgan fingerprint density at radius 3 is 2.09 bits per heavy atom. The molecule has 2 aromatic carbocycles. The van der Waals surface area contributed by atoms with Crippen molar-refractivity contribution in [2.75, 3.05) is 27.9 Å². The largest absolute Gasteiger partial charge is 0.493 e. The van der Waals surface area contributed by atoms with Crippen molar-refractivity contribution in [2.45, 2.75) is 20.8 Å². The molecule has 0 spiro atoms.